The first-order chi connectivity index (χ1) is 16.4. The molecule has 0 bridgehead atoms. The van der Waals surface area contributed by atoms with E-state index in [1.165, 1.54) is 12.8 Å². The minimum absolute atomic E-state index is 0.204. The molecule has 1 heterocycles. The number of hydrogen-bond donors (Lipinski definition) is 2. The second-order valence-electron chi connectivity index (χ2n) is 9.92. The van der Waals surface area contributed by atoms with E-state index in [1.807, 2.05) is 60.7 Å². The van der Waals surface area contributed by atoms with Crippen molar-refractivity contribution in [1.29, 1.82) is 0 Å². The van der Waals surface area contributed by atoms with Crippen molar-refractivity contribution >= 4 is 23.4 Å². The standard InChI is InChI=1S/C28H31N3O3/c1-31-23-11-5-4-9-20(23)19-8-2-3-10-21(19)24(26(31)33)30-25(32)22(15-14-18-12-13-18)28(27(29)34)16-6-7-17-28/h2-11,18,22,24H,12-17H2,1H3,(H2,29,34)(H,30,32)/t22-,24?/m0/s1. The van der Waals surface area contributed by atoms with E-state index in [4.69, 9.17) is 5.73 Å². The molecule has 2 aromatic rings. The number of carbonyl (C=O) groups excluding carboxylic acids is 3. The average Bonchev–Trinajstić information content (AvgIpc) is 3.56. The highest BCUT2D eigenvalue weighted by Crippen LogP contribution is 2.46. The van der Waals surface area contributed by atoms with Gasteiger partial charge in [0.15, 0.2) is 0 Å². The summed E-state index contributed by atoms with van der Waals surface area (Å²) in [5.41, 5.74) is 8.40. The molecule has 1 unspecified atom stereocenters. The van der Waals surface area contributed by atoms with E-state index in [1.54, 1.807) is 11.9 Å². The summed E-state index contributed by atoms with van der Waals surface area (Å²) in [7, 11) is 1.74. The number of likely N-dealkylation sites (N-methyl/N-ethyl adjacent to an activating group) is 1. The van der Waals surface area contributed by atoms with E-state index in [-0.39, 0.29) is 11.8 Å². The fourth-order valence-electron chi connectivity index (χ4n) is 5.61. The Hall–Kier alpha value is -3.41. The van der Waals surface area contributed by atoms with Crippen molar-refractivity contribution < 1.29 is 14.4 Å². The minimum atomic E-state index is -0.929. The number of anilines is 1. The molecule has 2 aromatic carbocycles. The van der Waals surface area contributed by atoms with Crippen LogP contribution >= 0.6 is 0 Å². The summed E-state index contributed by atoms with van der Waals surface area (Å²) in [6.07, 6.45) is 8.66. The van der Waals surface area contributed by atoms with Gasteiger partial charge in [0.2, 0.25) is 11.8 Å². The molecule has 6 heteroatoms. The van der Waals surface area contributed by atoms with E-state index >= 15 is 0 Å². The number of fused-ring (bicyclic) bond motifs is 3. The van der Waals surface area contributed by atoms with Crippen molar-refractivity contribution in [2.24, 2.45) is 23.0 Å². The van der Waals surface area contributed by atoms with Crippen LogP contribution in [0.3, 0.4) is 0 Å². The highest BCUT2D eigenvalue weighted by molar-refractivity contribution is 6.06. The topological polar surface area (TPSA) is 92.5 Å². The maximum absolute atomic E-state index is 13.9. The van der Waals surface area contributed by atoms with Crippen LogP contribution in [0.4, 0.5) is 5.69 Å². The summed E-state index contributed by atoms with van der Waals surface area (Å²) in [4.78, 5) is 41.8. The second-order valence-corrected chi connectivity index (χ2v) is 9.92. The van der Waals surface area contributed by atoms with Crippen molar-refractivity contribution in [1.82, 2.24) is 5.32 Å². The van der Waals surface area contributed by atoms with E-state index in [0.29, 0.717) is 25.2 Å². The molecule has 3 aliphatic rings. The van der Waals surface area contributed by atoms with Gasteiger partial charge in [0.05, 0.1) is 17.0 Å². The molecule has 1 fully saturated rings. The van der Waals surface area contributed by atoms with Gasteiger partial charge in [0.1, 0.15) is 6.04 Å². The van der Waals surface area contributed by atoms with Gasteiger partial charge in [-0.05, 0) is 48.8 Å². The molecule has 1 saturated carbocycles. The molecule has 2 aliphatic carbocycles. The van der Waals surface area contributed by atoms with Gasteiger partial charge >= 0.3 is 0 Å². The van der Waals surface area contributed by atoms with Crippen LogP contribution in [0, 0.1) is 17.3 Å². The number of para-hydroxylation sites is 1. The van der Waals surface area contributed by atoms with Crippen LogP contribution in [0.2, 0.25) is 0 Å². The van der Waals surface area contributed by atoms with Crippen LogP contribution in [0.5, 0.6) is 0 Å². The summed E-state index contributed by atoms with van der Waals surface area (Å²) in [5.74, 6) is -0.863. The Bertz CT molecular complexity index is 1160. The van der Waals surface area contributed by atoms with E-state index in [2.05, 4.69) is 5.32 Å². The van der Waals surface area contributed by atoms with E-state index < -0.39 is 23.3 Å². The number of amides is 3. The first-order valence-corrected chi connectivity index (χ1v) is 12.1. The van der Waals surface area contributed by atoms with Crippen molar-refractivity contribution in [2.45, 2.75) is 44.6 Å². The normalized spacial score (nSPS) is 21.4. The van der Waals surface area contributed by atoms with Crippen LogP contribution in [0.15, 0.2) is 60.7 Å². The summed E-state index contributed by atoms with van der Waals surface area (Å²) < 4.78 is 0. The Morgan fingerprint density at radius 1 is 1.06 bits per heavy atom. The molecule has 34 heavy (non-hydrogen) atoms. The maximum Gasteiger partial charge on any atom is 0.253 e. The minimum Gasteiger partial charge on any atom is -0.369 e. The largest absolute Gasteiger partial charge is 0.369 e. The maximum atomic E-state index is 13.9. The first kappa shape index (κ1) is 22.4. The van der Waals surface area contributed by atoms with Gasteiger partial charge in [-0.15, -0.1) is 0 Å². The number of nitrogens with two attached hydrogens (primary N) is 1. The third-order valence-electron chi connectivity index (χ3n) is 7.86. The third-order valence-corrected chi connectivity index (χ3v) is 7.86. The Labute approximate surface area is 200 Å². The van der Waals surface area contributed by atoms with Crippen LogP contribution < -0.4 is 16.0 Å². The summed E-state index contributed by atoms with van der Waals surface area (Å²) in [5, 5.41) is 3.07. The van der Waals surface area contributed by atoms with Gasteiger partial charge in [-0.1, -0.05) is 67.5 Å². The zero-order chi connectivity index (χ0) is 23.9. The molecular formula is C28H31N3O3. The number of benzene rings is 2. The number of hydrogen-bond acceptors (Lipinski definition) is 3. The predicted molar refractivity (Wildman–Crippen MR) is 132 cm³/mol. The summed E-state index contributed by atoms with van der Waals surface area (Å²) in [6, 6.07) is 14.6. The molecule has 6 nitrogen and oxygen atoms in total. The molecule has 0 aromatic heterocycles. The second kappa shape index (κ2) is 8.75. The SMILES string of the molecule is CN1C(=O)C(NC(=O)[C@H](CCC2CC2)C2(C(N)=O)CC=CC2)c2ccccc2-c2ccccc21. The molecule has 0 saturated heterocycles. The number of carbonyl (C=O) groups is 3. The molecule has 1 aliphatic heterocycles. The van der Waals surface area contributed by atoms with Crippen LogP contribution in [-0.4, -0.2) is 24.8 Å². The van der Waals surface area contributed by atoms with Crippen molar-refractivity contribution in [2.75, 3.05) is 11.9 Å². The lowest BCUT2D eigenvalue weighted by Crippen LogP contribution is -2.50. The lowest BCUT2D eigenvalue weighted by molar-refractivity contribution is -0.141. The number of allylic oxidation sites excluding steroid dienone is 2. The highest BCUT2D eigenvalue weighted by atomic mass is 16.2. The van der Waals surface area contributed by atoms with Gasteiger partial charge in [-0.2, -0.15) is 0 Å². The van der Waals surface area contributed by atoms with Gasteiger partial charge in [-0.25, -0.2) is 0 Å². The quantitative estimate of drug-likeness (QED) is 0.613. The third kappa shape index (κ3) is 3.81. The van der Waals surface area contributed by atoms with E-state index in [0.717, 1.165) is 28.8 Å². The van der Waals surface area contributed by atoms with Crippen LogP contribution in [0.1, 0.15) is 50.1 Å². The molecule has 176 valence electrons. The Balaban J connectivity index is 1.51. The molecule has 0 radical (unpaired) electrons. The number of rotatable bonds is 7. The summed E-state index contributed by atoms with van der Waals surface area (Å²) >= 11 is 0. The number of nitrogens with one attached hydrogen (secondary N) is 1. The van der Waals surface area contributed by atoms with Crippen LogP contribution in [-0.2, 0) is 14.4 Å². The Kier molecular flexibility index (Phi) is 5.76. The smallest absolute Gasteiger partial charge is 0.253 e. The lowest BCUT2D eigenvalue weighted by atomic mass is 9.69. The summed E-state index contributed by atoms with van der Waals surface area (Å²) in [6.45, 7) is 0. The fraction of sp³-hybridized carbons (Fsp3) is 0.393. The lowest BCUT2D eigenvalue weighted by Gasteiger charge is -2.35. The predicted octanol–water partition coefficient (Wildman–Crippen LogP) is 4.12. The molecule has 3 amide bonds. The fourth-order valence-corrected chi connectivity index (χ4v) is 5.61. The Morgan fingerprint density at radius 2 is 1.71 bits per heavy atom. The monoisotopic (exact) mass is 457 g/mol. The van der Waals surface area contributed by atoms with Crippen molar-refractivity contribution in [3.05, 3.63) is 66.2 Å². The zero-order valence-corrected chi connectivity index (χ0v) is 19.5. The van der Waals surface area contributed by atoms with E-state index in [9.17, 15) is 14.4 Å². The van der Waals surface area contributed by atoms with Gasteiger partial charge < -0.3 is 16.0 Å². The number of nitrogens with zero attached hydrogens (tertiary/aromatic N) is 1. The molecular weight excluding hydrogens is 426 g/mol. The number of primary amides is 1. The zero-order valence-electron chi connectivity index (χ0n) is 19.5. The molecule has 5 rings (SSSR count). The van der Waals surface area contributed by atoms with Crippen LogP contribution in [0.25, 0.3) is 11.1 Å². The van der Waals surface area contributed by atoms with Crippen molar-refractivity contribution in [3.8, 4) is 11.1 Å². The highest BCUT2D eigenvalue weighted by Gasteiger charge is 2.49. The first-order valence-electron chi connectivity index (χ1n) is 12.1. The Morgan fingerprint density at radius 3 is 2.38 bits per heavy atom. The van der Waals surface area contributed by atoms with Gasteiger partial charge in [0.25, 0.3) is 5.91 Å². The van der Waals surface area contributed by atoms with Gasteiger partial charge in [-0.3, -0.25) is 14.4 Å². The van der Waals surface area contributed by atoms with Gasteiger partial charge in [0, 0.05) is 12.6 Å². The average molecular weight is 458 g/mol. The molecule has 3 N–H and O–H groups in total. The molecule has 2 atom stereocenters. The van der Waals surface area contributed by atoms with Crippen molar-refractivity contribution in [3.63, 3.8) is 0 Å². The molecule has 0 spiro atoms.